The van der Waals surface area contributed by atoms with E-state index in [0.29, 0.717) is 23.1 Å². The average Bonchev–Trinajstić information content (AvgIpc) is 2.75. The lowest BCUT2D eigenvalue weighted by atomic mass is 10.0. The number of alkyl carbamates (subject to hydrolysis) is 1. The van der Waals surface area contributed by atoms with Crippen LogP contribution in [0, 0.1) is 6.92 Å². The Morgan fingerprint density at radius 2 is 1.80 bits per heavy atom. The van der Waals surface area contributed by atoms with Crippen LogP contribution in [0.5, 0.6) is 5.75 Å². The molecule has 7 nitrogen and oxygen atoms in total. The highest BCUT2D eigenvalue weighted by atomic mass is 16.6. The highest BCUT2D eigenvalue weighted by Gasteiger charge is 2.27. The average molecular weight is 480 g/mol. The van der Waals surface area contributed by atoms with Crippen LogP contribution in [0.2, 0.25) is 0 Å². The van der Waals surface area contributed by atoms with Gasteiger partial charge in [-0.15, -0.1) is 0 Å². The molecule has 0 saturated carbocycles. The standard InChI is InChI=1S/C28H33NO6/c1-6-7-13-20-17-24(30)33-22-14-18(2)15-23(25(20)22)34-26(31)21(16-19-11-9-8-10-12-19)29-27(32)35-28(3,4)5/h8-12,14-15,17,21H,6-7,13,16H2,1-5H3,(H,29,32)/t21-/m1/s1. The molecule has 0 bridgehead atoms. The Balaban J connectivity index is 1.96. The Labute approximate surface area is 205 Å². The van der Waals surface area contributed by atoms with Gasteiger partial charge in [-0.05, 0) is 69.4 Å². The zero-order valence-electron chi connectivity index (χ0n) is 21.0. The number of aryl methyl sites for hydroxylation is 2. The van der Waals surface area contributed by atoms with Crippen LogP contribution in [-0.2, 0) is 22.4 Å². The summed E-state index contributed by atoms with van der Waals surface area (Å²) in [4.78, 5) is 38.0. The molecule has 7 heteroatoms. The SMILES string of the molecule is CCCCc1cc(=O)oc2cc(C)cc(OC(=O)[C@@H](Cc3ccccc3)NC(=O)OC(C)(C)C)c12. The van der Waals surface area contributed by atoms with E-state index in [-0.39, 0.29) is 6.42 Å². The monoisotopic (exact) mass is 479 g/mol. The van der Waals surface area contributed by atoms with Crippen molar-refractivity contribution >= 4 is 23.0 Å². The number of rotatable bonds is 8. The predicted octanol–water partition coefficient (Wildman–Crippen LogP) is 5.49. The molecule has 1 atom stereocenters. The molecule has 0 fully saturated rings. The second-order valence-corrected chi connectivity index (χ2v) is 9.64. The van der Waals surface area contributed by atoms with E-state index in [1.807, 2.05) is 37.3 Å². The molecule has 1 aromatic heterocycles. The molecule has 1 amide bonds. The largest absolute Gasteiger partial charge is 0.444 e. The molecule has 3 aromatic rings. The molecule has 0 spiro atoms. The lowest BCUT2D eigenvalue weighted by molar-refractivity contribution is -0.136. The zero-order valence-corrected chi connectivity index (χ0v) is 21.0. The van der Waals surface area contributed by atoms with E-state index in [2.05, 4.69) is 12.2 Å². The first-order valence-electron chi connectivity index (χ1n) is 11.9. The number of esters is 1. The lowest BCUT2D eigenvalue weighted by Crippen LogP contribution is -2.46. The van der Waals surface area contributed by atoms with E-state index >= 15 is 0 Å². The number of fused-ring (bicyclic) bond motifs is 1. The van der Waals surface area contributed by atoms with Gasteiger partial charge in [-0.25, -0.2) is 14.4 Å². The molecule has 186 valence electrons. The van der Waals surface area contributed by atoms with E-state index in [1.165, 1.54) is 6.07 Å². The van der Waals surface area contributed by atoms with Gasteiger partial charge in [-0.1, -0.05) is 43.7 Å². The van der Waals surface area contributed by atoms with Crippen LogP contribution in [0.3, 0.4) is 0 Å². The smallest absolute Gasteiger partial charge is 0.408 e. The molecule has 0 radical (unpaired) electrons. The van der Waals surface area contributed by atoms with Gasteiger partial charge in [0, 0.05) is 12.5 Å². The van der Waals surface area contributed by atoms with Crippen LogP contribution in [-0.4, -0.2) is 23.7 Å². The molecule has 0 aliphatic carbocycles. The van der Waals surface area contributed by atoms with Crippen LogP contribution >= 0.6 is 0 Å². The van der Waals surface area contributed by atoms with Gasteiger partial charge in [-0.2, -0.15) is 0 Å². The van der Waals surface area contributed by atoms with Crippen molar-refractivity contribution in [3.05, 3.63) is 75.6 Å². The summed E-state index contributed by atoms with van der Waals surface area (Å²) in [7, 11) is 0. The number of hydrogen-bond donors (Lipinski definition) is 1. The molecular formula is C28H33NO6. The van der Waals surface area contributed by atoms with Crippen LogP contribution in [0.4, 0.5) is 4.79 Å². The third-order valence-corrected chi connectivity index (χ3v) is 5.30. The zero-order chi connectivity index (χ0) is 25.6. The van der Waals surface area contributed by atoms with Crippen molar-refractivity contribution in [3.8, 4) is 5.75 Å². The fourth-order valence-corrected chi connectivity index (χ4v) is 3.79. The number of unbranched alkanes of at least 4 members (excludes halogenated alkanes) is 1. The molecule has 35 heavy (non-hydrogen) atoms. The van der Waals surface area contributed by atoms with Crippen molar-refractivity contribution in [1.82, 2.24) is 5.32 Å². The van der Waals surface area contributed by atoms with Gasteiger partial charge >= 0.3 is 17.7 Å². The minimum absolute atomic E-state index is 0.223. The Kier molecular flexibility index (Phi) is 8.33. The molecular weight excluding hydrogens is 446 g/mol. The van der Waals surface area contributed by atoms with Gasteiger partial charge in [0.15, 0.2) is 0 Å². The van der Waals surface area contributed by atoms with Crippen molar-refractivity contribution in [3.63, 3.8) is 0 Å². The van der Waals surface area contributed by atoms with E-state index in [9.17, 15) is 14.4 Å². The summed E-state index contributed by atoms with van der Waals surface area (Å²) in [5, 5.41) is 3.24. The van der Waals surface area contributed by atoms with Gasteiger partial charge in [0.2, 0.25) is 0 Å². The van der Waals surface area contributed by atoms with Crippen molar-refractivity contribution < 1.29 is 23.5 Å². The van der Waals surface area contributed by atoms with Crippen molar-refractivity contribution in [1.29, 1.82) is 0 Å². The Bertz CT molecular complexity index is 1240. The Hall–Kier alpha value is -3.61. The topological polar surface area (TPSA) is 94.8 Å². The first kappa shape index (κ1) is 26.0. The maximum atomic E-state index is 13.4. The van der Waals surface area contributed by atoms with Gasteiger partial charge in [0.25, 0.3) is 0 Å². The highest BCUT2D eigenvalue weighted by molar-refractivity contribution is 5.91. The van der Waals surface area contributed by atoms with Crippen molar-refractivity contribution in [2.45, 2.75) is 71.9 Å². The van der Waals surface area contributed by atoms with Crippen LogP contribution < -0.4 is 15.7 Å². The summed E-state index contributed by atoms with van der Waals surface area (Å²) in [6.45, 7) is 9.15. The van der Waals surface area contributed by atoms with Gasteiger partial charge < -0.3 is 19.2 Å². The summed E-state index contributed by atoms with van der Waals surface area (Å²) in [5.74, 6) is -0.344. The second kappa shape index (κ2) is 11.2. The van der Waals surface area contributed by atoms with Gasteiger partial charge in [0.05, 0.1) is 5.39 Å². The number of carbonyl (C=O) groups is 2. The highest BCUT2D eigenvalue weighted by Crippen LogP contribution is 2.31. The summed E-state index contributed by atoms with van der Waals surface area (Å²) in [5.41, 5.74) is 1.60. The Morgan fingerprint density at radius 3 is 2.46 bits per heavy atom. The van der Waals surface area contributed by atoms with E-state index in [1.54, 1.807) is 32.9 Å². The first-order chi connectivity index (χ1) is 16.6. The van der Waals surface area contributed by atoms with Crippen molar-refractivity contribution in [2.24, 2.45) is 0 Å². The van der Waals surface area contributed by atoms with Crippen LogP contribution in [0.15, 0.2) is 57.7 Å². The fraction of sp³-hybridized carbons (Fsp3) is 0.393. The molecule has 1 N–H and O–H groups in total. The number of amides is 1. The molecule has 0 aliphatic rings. The predicted molar refractivity (Wildman–Crippen MR) is 135 cm³/mol. The molecule has 0 aliphatic heterocycles. The lowest BCUT2D eigenvalue weighted by Gasteiger charge is -2.23. The Morgan fingerprint density at radius 1 is 1.09 bits per heavy atom. The summed E-state index contributed by atoms with van der Waals surface area (Å²) < 4.78 is 16.7. The number of hydrogen-bond acceptors (Lipinski definition) is 6. The summed E-state index contributed by atoms with van der Waals surface area (Å²) >= 11 is 0. The van der Waals surface area contributed by atoms with E-state index in [4.69, 9.17) is 13.9 Å². The third-order valence-electron chi connectivity index (χ3n) is 5.30. The quantitative estimate of drug-likeness (QED) is 0.261. The fourth-order valence-electron chi connectivity index (χ4n) is 3.79. The number of carbonyl (C=O) groups excluding carboxylic acids is 2. The number of benzene rings is 2. The summed E-state index contributed by atoms with van der Waals surface area (Å²) in [6.07, 6.45) is 1.98. The minimum Gasteiger partial charge on any atom is -0.444 e. The molecule has 0 saturated heterocycles. The van der Waals surface area contributed by atoms with Gasteiger partial charge in [0.1, 0.15) is 23.0 Å². The van der Waals surface area contributed by atoms with Crippen LogP contribution in [0.1, 0.15) is 57.2 Å². The maximum Gasteiger partial charge on any atom is 0.408 e. The van der Waals surface area contributed by atoms with E-state index < -0.39 is 29.3 Å². The minimum atomic E-state index is -0.988. The number of nitrogens with one attached hydrogen (secondary N) is 1. The summed E-state index contributed by atoms with van der Waals surface area (Å²) in [6, 6.07) is 13.3. The molecule has 1 heterocycles. The van der Waals surface area contributed by atoms with Crippen molar-refractivity contribution in [2.75, 3.05) is 0 Å². The van der Waals surface area contributed by atoms with Gasteiger partial charge in [-0.3, -0.25) is 0 Å². The maximum absolute atomic E-state index is 13.4. The normalized spacial score (nSPS) is 12.3. The van der Waals surface area contributed by atoms with E-state index in [0.717, 1.165) is 29.5 Å². The third kappa shape index (κ3) is 7.44. The first-order valence-corrected chi connectivity index (χ1v) is 11.9. The molecule has 3 rings (SSSR count). The molecule has 2 aromatic carbocycles. The van der Waals surface area contributed by atoms with Crippen LogP contribution in [0.25, 0.3) is 11.0 Å². The number of ether oxygens (including phenoxy) is 2. The molecule has 0 unspecified atom stereocenters. The second-order valence-electron chi connectivity index (χ2n) is 9.64.